The van der Waals surface area contributed by atoms with Crippen LogP contribution in [0, 0.1) is 6.92 Å². The summed E-state index contributed by atoms with van der Waals surface area (Å²) in [6.45, 7) is 1.70. The van der Waals surface area contributed by atoms with Crippen molar-refractivity contribution in [3.8, 4) is 5.75 Å². The van der Waals surface area contributed by atoms with E-state index in [0.29, 0.717) is 5.56 Å². The van der Waals surface area contributed by atoms with Gasteiger partial charge in [-0.05, 0) is 24.6 Å². The maximum Gasteiger partial charge on any atom is 1.00 e. The zero-order valence-corrected chi connectivity index (χ0v) is 11.1. The van der Waals surface area contributed by atoms with E-state index in [1.54, 1.807) is 13.0 Å². The van der Waals surface area contributed by atoms with Gasteiger partial charge in [0.05, 0.1) is 12.0 Å². The molecule has 4 nitrogen and oxygen atoms in total. The molecule has 1 rings (SSSR count). The van der Waals surface area contributed by atoms with Gasteiger partial charge in [-0.25, -0.2) is 8.42 Å². The molecule has 1 aromatic rings. The Hall–Kier alpha value is -0.0700. The zero-order chi connectivity index (χ0) is 10.1. The third kappa shape index (κ3) is 3.25. The van der Waals surface area contributed by atoms with E-state index in [2.05, 4.69) is 0 Å². The van der Waals surface area contributed by atoms with E-state index in [0.717, 1.165) is 0 Å². The van der Waals surface area contributed by atoms with Crippen LogP contribution in [0.25, 0.3) is 0 Å². The van der Waals surface area contributed by atoms with E-state index >= 15 is 0 Å². The summed E-state index contributed by atoms with van der Waals surface area (Å²) in [7, 11) is -3.12. The third-order valence-corrected chi connectivity index (χ3v) is 2.45. The molecule has 0 spiro atoms. The predicted octanol–water partition coefficient (Wildman–Crippen LogP) is -2.09. The van der Waals surface area contributed by atoms with Crippen molar-refractivity contribution in [3.05, 3.63) is 23.8 Å². The van der Waals surface area contributed by atoms with Gasteiger partial charge in [-0.1, -0.05) is 6.07 Å². The largest absolute Gasteiger partial charge is 1.00 e. The maximum atomic E-state index is 10.7. The van der Waals surface area contributed by atoms with Gasteiger partial charge in [0.15, 0.2) is 0 Å². The fourth-order valence-corrected chi connectivity index (χ4v) is 1.71. The molecule has 0 unspecified atom stereocenters. The van der Waals surface area contributed by atoms with Crippen LogP contribution >= 0.6 is 0 Å². The molecule has 0 fully saturated rings. The van der Waals surface area contributed by atoms with E-state index in [1.807, 2.05) is 0 Å². The van der Waals surface area contributed by atoms with Gasteiger partial charge in [0, 0.05) is 0 Å². The van der Waals surface area contributed by atoms with Crippen molar-refractivity contribution in [2.45, 2.75) is 11.8 Å². The summed E-state index contributed by atoms with van der Waals surface area (Å²) in [5.41, 5.74) is 0.704. The van der Waals surface area contributed by atoms with Gasteiger partial charge in [-0.15, -0.1) is 0 Å². The molecule has 0 aliphatic heterocycles. The smallest absolute Gasteiger partial charge is 0.744 e. The summed E-state index contributed by atoms with van der Waals surface area (Å²) in [6, 6.07) is 4.43. The first kappa shape index (κ1) is 13.9. The van der Waals surface area contributed by atoms with Crippen molar-refractivity contribution < 1.29 is 47.3 Å². The molecular formula is C8H9NaO4S. The van der Waals surface area contributed by atoms with Gasteiger partial charge in [0.25, 0.3) is 0 Å². The van der Waals surface area contributed by atoms with Gasteiger partial charge in [-0.3, -0.25) is 0 Å². The fraction of sp³-hybridized carbons (Fsp3) is 0.250. The van der Waals surface area contributed by atoms with E-state index in [1.165, 1.54) is 19.2 Å². The fourth-order valence-electron chi connectivity index (χ4n) is 0.979. The number of benzene rings is 1. The average Bonchev–Trinajstić information content (AvgIpc) is 2.03. The normalized spacial score (nSPS) is 10.5. The summed E-state index contributed by atoms with van der Waals surface area (Å²) in [4.78, 5) is -0.310. The average molecular weight is 224 g/mol. The summed E-state index contributed by atoms with van der Waals surface area (Å²) in [5.74, 6) is 0.0839. The first-order valence-electron chi connectivity index (χ1n) is 3.55. The van der Waals surface area contributed by atoms with Crippen LogP contribution in [0.2, 0.25) is 0 Å². The maximum absolute atomic E-state index is 10.7. The number of hydrogen-bond acceptors (Lipinski definition) is 4. The summed E-state index contributed by atoms with van der Waals surface area (Å²) in [6.07, 6.45) is 0. The van der Waals surface area contributed by atoms with Crippen LogP contribution in [0.15, 0.2) is 23.1 Å². The molecule has 0 atom stereocenters. The molecule has 0 aromatic heterocycles. The Morgan fingerprint density at radius 3 is 2.36 bits per heavy atom. The Balaban J connectivity index is 0.00000169. The van der Waals surface area contributed by atoms with Crippen LogP contribution in [0.1, 0.15) is 5.56 Å². The second-order valence-corrected chi connectivity index (χ2v) is 3.96. The molecule has 0 saturated heterocycles. The molecule has 6 heteroatoms. The van der Waals surface area contributed by atoms with Crippen LogP contribution in [0.5, 0.6) is 5.75 Å². The number of hydrogen-bond donors (Lipinski definition) is 0. The van der Waals surface area contributed by atoms with Crippen molar-refractivity contribution in [3.63, 3.8) is 0 Å². The van der Waals surface area contributed by atoms with E-state index in [9.17, 15) is 13.0 Å². The van der Waals surface area contributed by atoms with Gasteiger partial charge in [0.1, 0.15) is 15.9 Å². The Labute approximate surface area is 105 Å². The zero-order valence-electron chi connectivity index (χ0n) is 8.27. The Bertz CT molecular complexity index is 413. The minimum atomic E-state index is -4.44. The minimum Gasteiger partial charge on any atom is -0.744 e. The van der Waals surface area contributed by atoms with Crippen molar-refractivity contribution in [1.82, 2.24) is 0 Å². The van der Waals surface area contributed by atoms with Crippen molar-refractivity contribution in [2.24, 2.45) is 0 Å². The van der Waals surface area contributed by atoms with Crippen molar-refractivity contribution in [1.29, 1.82) is 0 Å². The number of rotatable bonds is 2. The molecule has 0 amide bonds. The van der Waals surface area contributed by atoms with E-state index < -0.39 is 10.1 Å². The summed E-state index contributed by atoms with van der Waals surface area (Å²) < 4.78 is 36.9. The van der Waals surface area contributed by atoms with Crippen molar-refractivity contribution >= 4 is 10.1 Å². The summed E-state index contributed by atoms with van der Waals surface area (Å²) in [5, 5.41) is 0. The molecule has 0 aliphatic carbocycles. The van der Waals surface area contributed by atoms with Crippen LogP contribution in [-0.2, 0) is 10.1 Å². The van der Waals surface area contributed by atoms with Gasteiger partial charge >= 0.3 is 29.6 Å². The first-order chi connectivity index (χ1) is 5.95. The SMILES string of the molecule is COc1ccc(C)cc1S(=O)(=O)[O-].[Na+]. The Kier molecular flexibility index (Phi) is 5.11. The third-order valence-electron chi connectivity index (χ3n) is 1.59. The van der Waals surface area contributed by atoms with E-state index in [4.69, 9.17) is 4.74 Å². The number of methoxy groups -OCH3 is 1. The monoisotopic (exact) mass is 224 g/mol. The van der Waals surface area contributed by atoms with Crippen LogP contribution < -0.4 is 34.3 Å². The number of ether oxygens (including phenoxy) is 1. The minimum absolute atomic E-state index is 0. The van der Waals surface area contributed by atoms with Crippen molar-refractivity contribution in [2.75, 3.05) is 7.11 Å². The first-order valence-corrected chi connectivity index (χ1v) is 4.96. The summed E-state index contributed by atoms with van der Waals surface area (Å²) >= 11 is 0. The molecule has 0 heterocycles. The second-order valence-electron chi connectivity index (χ2n) is 2.61. The molecule has 0 bridgehead atoms. The quantitative estimate of drug-likeness (QED) is 0.427. The van der Waals surface area contributed by atoms with Gasteiger partial charge < -0.3 is 9.29 Å². The molecular weight excluding hydrogens is 215 g/mol. The predicted molar refractivity (Wildman–Crippen MR) is 45.7 cm³/mol. The number of aryl methyl sites for hydroxylation is 1. The Morgan fingerprint density at radius 1 is 1.36 bits per heavy atom. The van der Waals surface area contributed by atoms with Crippen LogP contribution in [0.4, 0.5) is 0 Å². The van der Waals surface area contributed by atoms with Crippen LogP contribution in [-0.4, -0.2) is 20.1 Å². The topological polar surface area (TPSA) is 66.4 Å². The molecule has 14 heavy (non-hydrogen) atoms. The molecule has 0 aliphatic rings. The van der Waals surface area contributed by atoms with Gasteiger partial charge in [0.2, 0.25) is 0 Å². The second kappa shape index (κ2) is 5.14. The molecule has 0 radical (unpaired) electrons. The standard InChI is InChI=1S/C8H10O4S.Na/c1-6-3-4-7(12-2)8(5-6)13(9,10)11;/h3-5H,1-2H3,(H,9,10,11);/q;+1/p-1. The van der Waals surface area contributed by atoms with Crippen LogP contribution in [0.3, 0.4) is 0 Å². The van der Waals surface area contributed by atoms with E-state index in [-0.39, 0.29) is 40.2 Å². The Morgan fingerprint density at radius 2 is 1.93 bits per heavy atom. The molecule has 0 N–H and O–H groups in total. The molecule has 72 valence electrons. The molecule has 1 aromatic carbocycles. The van der Waals surface area contributed by atoms with Gasteiger partial charge in [-0.2, -0.15) is 0 Å². The molecule has 0 saturated carbocycles.